The molecule has 0 bridgehead atoms. The summed E-state index contributed by atoms with van der Waals surface area (Å²) >= 11 is 0. The Bertz CT molecular complexity index is 299. The Morgan fingerprint density at radius 2 is 2.25 bits per heavy atom. The van der Waals surface area contributed by atoms with Gasteiger partial charge in [0.05, 0.1) is 6.04 Å². The Morgan fingerprint density at radius 3 is 2.75 bits per heavy atom. The largest absolute Gasteiger partial charge is 0.508 e. The van der Waals surface area contributed by atoms with Gasteiger partial charge in [0.1, 0.15) is 11.6 Å². The molecule has 0 amide bonds. The van der Waals surface area contributed by atoms with Crippen molar-refractivity contribution in [3.8, 4) is 5.75 Å². The molecule has 0 radical (unpaired) electrons. The highest BCUT2D eigenvalue weighted by Gasteiger charge is 2.07. The lowest BCUT2D eigenvalue weighted by atomic mass is 10.1. The van der Waals surface area contributed by atoms with Crippen molar-refractivity contribution >= 4 is 0 Å². The summed E-state index contributed by atoms with van der Waals surface area (Å²) in [5, 5.41) is 8.89. The predicted molar refractivity (Wildman–Crippen MR) is 45.2 cm³/mol. The van der Waals surface area contributed by atoms with E-state index in [0.717, 1.165) is 6.07 Å². The van der Waals surface area contributed by atoms with Crippen molar-refractivity contribution < 1.29 is 9.50 Å². The highest BCUT2D eigenvalue weighted by molar-refractivity contribution is 5.31. The molecule has 0 saturated heterocycles. The molecular formula is C9H10FNO. The second-order valence-electron chi connectivity index (χ2n) is 2.47. The molecule has 1 rings (SSSR count). The molecular weight excluding hydrogens is 157 g/mol. The molecule has 0 aliphatic rings. The zero-order chi connectivity index (χ0) is 9.14. The molecule has 0 fully saturated rings. The van der Waals surface area contributed by atoms with Gasteiger partial charge in [0.25, 0.3) is 0 Å². The quantitative estimate of drug-likeness (QED) is 0.659. The summed E-state index contributed by atoms with van der Waals surface area (Å²) in [6, 6.07) is 3.34. The number of phenolic OH excluding ortho intramolecular Hbond substituents is 1. The molecule has 0 aromatic heterocycles. The maximum atomic E-state index is 13.0. The lowest BCUT2D eigenvalue weighted by Crippen LogP contribution is -2.08. The van der Waals surface area contributed by atoms with Gasteiger partial charge in [-0.1, -0.05) is 12.1 Å². The zero-order valence-corrected chi connectivity index (χ0v) is 6.50. The van der Waals surface area contributed by atoms with Crippen molar-refractivity contribution in [3.05, 3.63) is 42.2 Å². The normalized spacial score (nSPS) is 12.5. The summed E-state index contributed by atoms with van der Waals surface area (Å²) in [7, 11) is 0. The Morgan fingerprint density at radius 1 is 1.58 bits per heavy atom. The molecule has 0 saturated carbocycles. The molecule has 12 heavy (non-hydrogen) atoms. The molecule has 3 heteroatoms. The number of phenols is 1. The number of benzene rings is 1. The van der Waals surface area contributed by atoms with E-state index in [9.17, 15) is 4.39 Å². The fraction of sp³-hybridized carbons (Fsp3) is 0.111. The van der Waals surface area contributed by atoms with Crippen molar-refractivity contribution in [2.45, 2.75) is 6.04 Å². The van der Waals surface area contributed by atoms with Crippen LogP contribution in [0.3, 0.4) is 0 Å². The topological polar surface area (TPSA) is 46.2 Å². The smallest absolute Gasteiger partial charge is 0.131 e. The van der Waals surface area contributed by atoms with Gasteiger partial charge in [-0.05, 0) is 6.07 Å². The molecule has 0 unspecified atom stereocenters. The lowest BCUT2D eigenvalue weighted by molar-refractivity contribution is 0.467. The van der Waals surface area contributed by atoms with Gasteiger partial charge in [-0.2, -0.15) is 0 Å². The van der Waals surface area contributed by atoms with Gasteiger partial charge >= 0.3 is 0 Å². The molecule has 0 spiro atoms. The second-order valence-corrected chi connectivity index (χ2v) is 2.47. The third-order valence-electron chi connectivity index (χ3n) is 1.60. The molecule has 1 aromatic rings. The van der Waals surface area contributed by atoms with Crippen LogP contribution in [-0.4, -0.2) is 5.11 Å². The van der Waals surface area contributed by atoms with Crippen LogP contribution >= 0.6 is 0 Å². The summed E-state index contributed by atoms with van der Waals surface area (Å²) in [5.74, 6) is -0.616. The minimum Gasteiger partial charge on any atom is -0.508 e. The Labute approximate surface area is 70.1 Å². The average Bonchev–Trinajstić information content (AvgIpc) is 2.03. The van der Waals surface area contributed by atoms with Crippen molar-refractivity contribution in [2.75, 3.05) is 0 Å². The van der Waals surface area contributed by atoms with E-state index < -0.39 is 11.9 Å². The van der Waals surface area contributed by atoms with Gasteiger partial charge in [-0.3, -0.25) is 0 Å². The summed E-state index contributed by atoms with van der Waals surface area (Å²) in [6.07, 6.45) is 1.44. The van der Waals surface area contributed by atoms with Crippen LogP contribution in [0, 0.1) is 5.82 Å². The first-order chi connectivity index (χ1) is 5.65. The van der Waals surface area contributed by atoms with Crippen molar-refractivity contribution in [1.82, 2.24) is 0 Å². The van der Waals surface area contributed by atoms with Crippen molar-refractivity contribution in [1.29, 1.82) is 0 Å². The first-order valence-corrected chi connectivity index (χ1v) is 3.51. The second kappa shape index (κ2) is 3.36. The standard InChI is InChI=1S/C9H10FNO/c1-2-9(11)7-4-3-6(12)5-8(7)10/h2-5,9,12H,1,11H2/t9-/m1/s1. The van der Waals surface area contributed by atoms with Gasteiger partial charge in [0.2, 0.25) is 0 Å². The van der Waals surface area contributed by atoms with Crippen LogP contribution < -0.4 is 5.73 Å². The van der Waals surface area contributed by atoms with Gasteiger partial charge in [0, 0.05) is 11.6 Å². The van der Waals surface area contributed by atoms with Crippen LogP contribution in [0.25, 0.3) is 0 Å². The molecule has 0 aliphatic carbocycles. The number of hydrogen-bond donors (Lipinski definition) is 2. The summed E-state index contributed by atoms with van der Waals surface area (Å²) in [4.78, 5) is 0. The van der Waals surface area contributed by atoms with E-state index in [1.807, 2.05) is 0 Å². The van der Waals surface area contributed by atoms with Crippen LogP contribution in [0.4, 0.5) is 4.39 Å². The van der Waals surface area contributed by atoms with E-state index in [1.165, 1.54) is 18.2 Å². The minimum atomic E-state index is -0.523. The fourth-order valence-electron chi connectivity index (χ4n) is 0.913. The van der Waals surface area contributed by atoms with Crippen LogP contribution in [-0.2, 0) is 0 Å². The molecule has 0 heterocycles. The van der Waals surface area contributed by atoms with Gasteiger partial charge in [-0.25, -0.2) is 4.39 Å². The van der Waals surface area contributed by atoms with Gasteiger partial charge in [-0.15, -0.1) is 6.58 Å². The third-order valence-corrected chi connectivity index (χ3v) is 1.60. The van der Waals surface area contributed by atoms with Crippen LogP contribution in [0.15, 0.2) is 30.9 Å². The van der Waals surface area contributed by atoms with Crippen LogP contribution in [0.2, 0.25) is 0 Å². The van der Waals surface area contributed by atoms with E-state index in [1.54, 1.807) is 0 Å². The highest BCUT2D eigenvalue weighted by atomic mass is 19.1. The van der Waals surface area contributed by atoms with E-state index in [2.05, 4.69) is 6.58 Å². The number of rotatable bonds is 2. The van der Waals surface area contributed by atoms with E-state index in [4.69, 9.17) is 10.8 Å². The Kier molecular flexibility index (Phi) is 2.45. The molecule has 1 aromatic carbocycles. The summed E-state index contributed by atoms with van der Waals surface area (Å²) < 4.78 is 13.0. The average molecular weight is 167 g/mol. The van der Waals surface area contributed by atoms with E-state index in [-0.39, 0.29) is 5.75 Å². The molecule has 2 nitrogen and oxygen atoms in total. The number of nitrogens with two attached hydrogens (primary N) is 1. The van der Waals surface area contributed by atoms with Crippen molar-refractivity contribution in [2.24, 2.45) is 5.73 Å². The van der Waals surface area contributed by atoms with E-state index in [0.29, 0.717) is 5.56 Å². The minimum absolute atomic E-state index is 0.104. The third kappa shape index (κ3) is 1.62. The van der Waals surface area contributed by atoms with E-state index >= 15 is 0 Å². The number of hydrogen-bond acceptors (Lipinski definition) is 2. The van der Waals surface area contributed by atoms with Crippen LogP contribution in [0.1, 0.15) is 11.6 Å². The Hall–Kier alpha value is -1.35. The first kappa shape index (κ1) is 8.74. The Balaban J connectivity index is 3.09. The molecule has 3 N–H and O–H groups in total. The fourth-order valence-corrected chi connectivity index (χ4v) is 0.913. The monoisotopic (exact) mass is 167 g/mol. The van der Waals surface area contributed by atoms with Crippen molar-refractivity contribution in [3.63, 3.8) is 0 Å². The van der Waals surface area contributed by atoms with Gasteiger partial charge < -0.3 is 10.8 Å². The van der Waals surface area contributed by atoms with Crippen LogP contribution in [0.5, 0.6) is 5.75 Å². The molecule has 1 atom stereocenters. The maximum absolute atomic E-state index is 13.0. The predicted octanol–water partition coefficient (Wildman–Crippen LogP) is 1.72. The zero-order valence-electron chi connectivity index (χ0n) is 6.50. The first-order valence-electron chi connectivity index (χ1n) is 3.51. The lowest BCUT2D eigenvalue weighted by Gasteiger charge is -2.07. The summed E-state index contributed by atoms with van der Waals surface area (Å²) in [6.45, 7) is 3.45. The molecule has 64 valence electrons. The number of aromatic hydroxyl groups is 1. The molecule has 0 aliphatic heterocycles. The number of halogens is 1. The highest BCUT2D eigenvalue weighted by Crippen LogP contribution is 2.19. The maximum Gasteiger partial charge on any atom is 0.131 e. The van der Waals surface area contributed by atoms with Gasteiger partial charge in [0.15, 0.2) is 0 Å². The summed E-state index contributed by atoms with van der Waals surface area (Å²) in [5.41, 5.74) is 5.84. The SMILES string of the molecule is C=C[C@@H](N)c1ccc(O)cc1F.